The van der Waals surface area contributed by atoms with E-state index in [9.17, 15) is 10.2 Å². The SMILES string of the molecule is Oc1ccccc1-c1nc2c(-c3cccc(-c4cc(-c5cccc(-c6cccc7c6nc(-c6ccccc6O)n7-c6cccnc6)c5)ncn4)c3)cccc2n1-c1cccnc1. The summed E-state index contributed by atoms with van der Waals surface area (Å²) in [5.41, 5.74) is 13.5. The number of imidazole rings is 2. The molecule has 0 aliphatic carbocycles. The molecule has 0 aliphatic rings. The van der Waals surface area contributed by atoms with Crippen molar-refractivity contribution in [3.05, 3.63) is 195 Å². The van der Waals surface area contributed by atoms with Crippen LogP contribution in [-0.4, -0.2) is 49.3 Å². The number of aromatic hydroxyl groups is 2. The van der Waals surface area contributed by atoms with Crippen molar-refractivity contribution in [2.24, 2.45) is 0 Å². The number of aromatic nitrogens is 8. The summed E-state index contributed by atoms with van der Waals surface area (Å²) in [4.78, 5) is 28.6. The van der Waals surface area contributed by atoms with Crippen molar-refractivity contribution in [3.63, 3.8) is 0 Å². The van der Waals surface area contributed by atoms with Gasteiger partial charge in [0.15, 0.2) is 0 Å². The van der Waals surface area contributed by atoms with E-state index >= 15 is 0 Å². The normalized spacial score (nSPS) is 11.4. The smallest absolute Gasteiger partial charge is 0.149 e. The van der Waals surface area contributed by atoms with Gasteiger partial charge in [-0.15, -0.1) is 0 Å². The molecule has 62 heavy (non-hydrogen) atoms. The molecular formula is C52H34N8O2. The van der Waals surface area contributed by atoms with E-state index in [1.807, 2.05) is 100 Å². The minimum absolute atomic E-state index is 0.147. The van der Waals surface area contributed by atoms with Gasteiger partial charge in [-0.3, -0.25) is 19.1 Å². The Bertz CT molecular complexity index is 3230. The molecule has 10 heteroatoms. The average molecular weight is 803 g/mol. The van der Waals surface area contributed by atoms with Gasteiger partial charge in [-0.05, 0) is 90.0 Å². The van der Waals surface area contributed by atoms with Gasteiger partial charge in [0.2, 0.25) is 0 Å². The van der Waals surface area contributed by atoms with Crippen molar-refractivity contribution in [3.8, 4) is 90.4 Å². The first-order chi connectivity index (χ1) is 30.6. The number of nitrogens with zero attached hydrogens (tertiary/aromatic N) is 8. The first-order valence-corrected chi connectivity index (χ1v) is 20.0. The molecule has 5 aromatic heterocycles. The third-order valence-corrected chi connectivity index (χ3v) is 11.1. The molecule has 0 unspecified atom stereocenters. The van der Waals surface area contributed by atoms with Gasteiger partial charge in [-0.2, -0.15) is 0 Å². The molecule has 6 aromatic carbocycles. The molecule has 0 spiro atoms. The summed E-state index contributed by atoms with van der Waals surface area (Å²) in [5, 5.41) is 21.9. The van der Waals surface area contributed by atoms with Crippen LogP contribution in [0.5, 0.6) is 11.5 Å². The van der Waals surface area contributed by atoms with Gasteiger partial charge in [0.05, 0.1) is 68.4 Å². The van der Waals surface area contributed by atoms with E-state index < -0.39 is 0 Å². The maximum absolute atomic E-state index is 10.9. The van der Waals surface area contributed by atoms with Crippen molar-refractivity contribution in [2.75, 3.05) is 0 Å². The predicted octanol–water partition coefficient (Wildman–Crippen LogP) is 11.4. The largest absolute Gasteiger partial charge is 0.507 e. The lowest BCUT2D eigenvalue weighted by Crippen LogP contribution is -1.98. The molecule has 0 radical (unpaired) electrons. The van der Waals surface area contributed by atoms with E-state index in [1.54, 1.807) is 55.4 Å². The van der Waals surface area contributed by atoms with Gasteiger partial charge in [0, 0.05) is 34.6 Å². The summed E-state index contributed by atoms with van der Waals surface area (Å²) < 4.78 is 4.07. The Balaban J connectivity index is 0.981. The number of hydrogen-bond acceptors (Lipinski definition) is 8. The molecule has 11 aromatic rings. The lowest BCUT2D eigenvalue weighted by Gasteiger charge is -2.11. The van der Waals surface area contributed by atoms with Crippen LogP contribution >= 0.6 is 0 Å². The van der Waals surface area contributed by atoms with E-state index in [1.165, 1.54) is 0 Å². The lowest BCUT2D eigenvalue weighted by molar-refractivity contribution is 0.476. The van der Waals surface area contributed by atoms with Gasteiger partial charge in [-0.25, -0.2) is 19.9 Å². The van der Waals surface area contributed by atoms with Crippen molar-refractivity contribution in [1.29, 1.82) is 0 Å². The third-order valence-electron chi connectivity index (χ3n) is 11.1. The Kier molecular flexibility index (Phi) is 8.86. The highest BCUT2D eigenvalue weighted by Gasteiger charge is 2.22. The lowest BCUT2D eigenvalue weighted by atomic mass is 9.98. The van der Waals surface area contributed by atoms with Crippen molar-refractivity contribution < 1.29 is 10.2 Å². The zero-order chi connectivity index (χ0) is 41.6. The van der Waals surface area contributed by atoms with Crippen LogP contribution in [0.4, 0.5) is 0 Å². The molecule has 0 saturated heterocycles. The Labute approximate surface area is 355 Å². The zero-order valence-electron chi connectivity index (χ0n) is 32.9. The Morgan fingerprint density at radius 3 is 1.27 bits per heavy atom. The van der Waals surface area contributed by atoms with Gasteiger partial charge in [0.25, 0.3) is 0 Å². The number of fused-ring (bicyclic) bond motifs is 2. The predicted molar refractivity (Wildman–Crippen MR) is 243 cm³/mol. The maximum atomic E-state index is 10.9. The number of phenolic OH excluding ortho intramolecular Hbond substituents is 2. The summed E-state index contributed by atoms with van der Waals surface area (Å²) in [5.74, 6) is 1.53. The molecule has 0 atom stereocenters. The number of para-hydroxylation sites is 4. The highest BCUT2D eigenvalue weighted by molar-refractivity contribution is 5.98. The highest BCUT2D eigenvalue weighted by Crippen LogP contribution is 2.40. The topological polar surface area (TPSA) is 128 Å². The van der Waals surface area contributed by atoms with Gasteiger partial charge < -0.3 is 10.2 Å². The summed E-state index contributed by atoms with van der Waals surface area (Å²) in [6, 6.07) is 53.1. The van der Waals surface area contributed by atoms with E-state index in [0.29, 0.717) is 22.8 Å². The Hall–Kier alpha value is -8.76. The number of phenols is 2. The summed E-state index contributed by atoms with van der Waals surface area (Å²) >= 11 is 0. The second kappa shape index (κ2) is 15.1. The molecule has 0 bridgehead atoms. The molecule has 10 nitrogen and oxygen atoms in total. The van der Waals surface area contributed by atoms with Crippen LogP contribution in [0.1, 0.15) is 0 Å². The zero-order valence-corrected chi connectivity index (χ0v) is 32.9. The van der Waals surface area contributed by atoms with Crippen LogP contribution in [0, 0.1) is 0 Å². The van der Waals surface area contributed by atoms with Crippen LogP contribution in [0.15, 0.2) is 195 Å². The molecule has 0 fully saturated rings. The molecule has 0 amide bonds. The van der Waals surface area contributed by atoms with Crippen molar-refractivity contribution >= 4 is 22.1 Å². The van der Waals surface area contributed by atoms with Crippen LogP contribution in [0.25, 0.3) is 101 Å². The van der Waals surface area contributed by atoms with Crippen molar-refractivity contribution in [2.45, 2.75) is 0 Å². The second-order valence-corrected chi connectivity index (χ2v) is 14.8. The molecule has 0 saturated carbocycles. The van der Waals surface area contributed by atoms with Crippen LogP contribution in [0.3, 0.4) is 0 Å². The van der Waals surface area contributed by atoms with Crippen molar-refractivity contribution in [1.82, 2.24) is 39.0 Å². The minimum atomic E-state index is 0.147. The fourth-order valence-corrected chi connectivity index (χ4v) is 8.21. The van der Waals surface area contributed by atoms with E-state index in [4.69, 9.17) is 19.9 Å². The van der Waals surface area contributed by atoms with Crippen LogP contribution in [0.2, 0.25) is 0 Å². The Morgan fingerprint density at radius 2 is 0.823 bits per heavy atom. The quantitative estimate of drug-likeness (QED) is 0.155. The van der Waals surface area contributed by atoms with Gasteiger partial charge >= 0.3 is 0 Å². The second-order valence-electron chi connectivity index (χ2n) is 14.8. The number of benzene rings is 6. The average Bonchev–Trinajstić information content (AvgIpc) is 3.92. The maximum Gasteiger partial charge on any atom is 0.149 e. The number of rotatable bonds is 8. The van der Waals surface area contributed by atoms with Crippen LogP contribution in [-0.2, 0) is 0 Å². The third kappa shape index (κ3) is 6.30. The van der Waals surface area contributed by atoms with E-state index in [-0.39, 0.29) is 11.5 Å². The Morgan fingerprint density at radius 1 is 0.387 bits per heavy atom. The number of hydrogen-bond donors (Lipinski definition) is 2. The first kappa shape index (κ1) is 36.3. The summed E-state index contributed by atoms with van der Waals surface area (Å²) in [6.07, 6.45) is 8.68. The van der Waals surface area contributed by atoms with Gasteiger partial charge in [0.1, 0.15) is 29.5 Å². The molecule has 5 heterocycles. The van der Waals surface area contributed by atoms with E-state index in [2.05, 4.69) is 58.5 Å². The molecule has 2 N–H and O–H groups in total. The molecule has 11 rings (SSSR count). The van der Waals surface area contributed by atoms with Gasteiger partial charge in [-0.1, -0.05) is 84.9 Å². The monoisotopic (exact) mass is 802 g/mol. The highest BCUT2D eigenvalue weighted by atomic mass is 16.3. The van der Waals surface area contributed by atoms with Crippen LogP contribution < -0.4 is 0 Å². The summed E-state index contributed by atoms with van der Waals surface area (Å²) in [6.45, 7) is 0. The fraction of sp³-hybridized carbons (Fsp3) is 0. The number of pyridine rings is 2. The molecule has 294 valence electrons. The fourth-order valence-electron chi connectivity index (χ4n) is 8.21. The molecular weight excluding hydrogens is 769 g/mol. The minimum Gasteiger partial charge on any atom is -0.507 e. The summed E-state index contributed by atoms with van der Waals surface area (Å²) in [7, 11) is 0. The van der Waals surface area contributed by atoms with E-state index in [0.717, 1.165) is 78.2 Å². The molecule has 0 aliphatic heterocycles. The first-order valence-electron chi connectivity index (χ1n) is 20.0. The standard InChI is InChI=1S/C52H34N8O2/c61-47-23-3-1-17-41(47)51-57-49-39(19-7-21-45(49)59(51)37-15-9-25-53-30-37)33-11-5-13-35(27-33)43-29-44(56-32-55-43)36-14-6-12-34(28-36)40-20-8-22-46-50(40)58-52(42-18-2-4-24-48(42)62)60(46)38-16-10-26-54-31-38/h1-32,61-62H.